The monoisotopic (exact) mass is 1080 g/mol. The summed E-state index contributed by atoms with van der Waals surface area (Å²) in [4.78, 5) is 22.4. The first-order chi connectivity index (χ1) is 35.8. The molecule has 0 saturated carbocycles. The zero-order valence-corrected chi connectivity index (χ0v) is 47.8. The molecule has 10 nitrogen and oxygen atoms in total. The molecule has 396 valence electrons. The van der Waals surface area contributed by atoms with Crippen LogP contribution < -0.4 is 20.0 Å². The van der Waals surface area contributed by atoms with E-state index in [0.29, 0.717) is 24.5 Å². The summed E-state index contributed by atoms with van der Waals surface area (Å²) in [6.07, 6.45) is 4.45. The number of methoxy groups -OCH3 is 2. The number of hydrogen-bond donors (Lipinski definition) is 3. The minimum atomic E-state index is -1.39. The molecule has 0 aromatic heterocycles. The van der Waals surface area contributed by atoms with E-state index < -0.39 is 8.07 Å². The molecule has 4 saturated heterocycles. The number of nitrogens with zero attached hydrogens (tertiary/aromatic N) is 4. The second-order valence-corrected chi connectivity index (χ2v) is 27.8. The van der Waals surface area contributed by atoms with Crippen molar-refractivity contribution in [1.82, 2.24) is 19.6 Å². The van der Waals surface area contributed by atoms with Crippen molar-refractivity contribution in [2.45, 2.75) is 113 Å². The summed E-state index contributed by atoms with van der Waals surface area (Å²) >= 11 is 3.50. The Morgan fingerprint density at radius 2 is 1.12 bits per heavy atom. The van der Waals surface area contributed by atoms with Crippen molar-refractivity contribution in [3.05, 3.63) is 154 Å². The lowest BCUT2D eigenvalue weighted by Gasteiger charge is -2.57. The largest absolute Gasteiger partial charge is 0.497 e. The second-order valence-electron chi connectivity index (χ2n) is 21.2. The zero-order valence-electron chi connectivity index (χ0n) is 45.2. The third kappa shape index (κ3) is 13.5. The van der Waals surface area contributed by atoms with Crippen LogP contribution in [0.15, 0.2) is 132 Å². The first-order valence-electron chi connectivity index (χ1n) is 27.0. The molecular formula is C62H82BrN5O5Si. The number of nitrogens with one attached hydrogen (secondary N) is 1. The molecule has 0 spiro atoms. The van der Waals surface area contributed by atoms with Crippen LogP contribution in [0, 0.1) is 11.8 Å². The third-order valence-electron chi connectivity index (χ3n) is 16.5. The number of carbonyl (C=O) groups excluding carboxylic acids is 1. The van der Waals surface area contributed by atoms with Crippen LogP contribution in [0.4, 0.5) is 10.5 Å². The quantitative estimate of drug-likeness (QED) is 0.0888. The SMILES string of the molecule is CC[Si](c1ccc(OC)cc1)(C(C)C)C(C)C.CN1CCCCN2[C@H](CO)[C@H](c3ccc(Br)cc3)[C@@H]2C1.COc1ccc(NC(=O)N2CCCCN3[C@H](CO)[C@H](c4ccc(C#Cc5ccccc5)cc4)[C@@H]3C2)cc1. The Bertz CT molecular complexity index is 2550. The zero-order chi connectivity index (χ0) is 52.8. The third-order valence-corrected chi connectivity index (χ3v) is 23.7. The minimum Gasteiger partial charge on any atom is -0.497 e. The number of likely N-dealkylation sites (N-methyl/N-ethyl adjacent to an activating group) is 1. The fourth-order valence-electron chi connectivity index (χ4n) is 12.5. The van der Waals surface area contributed by atoms with Crippen molar-refractivity contribution >= 4 is 40.9 Å². The number of aliphatic hydroxyl groups excluding tert-OH is 2. The lowest BCUT2D eigenvalue weighted by molar-refractivity contribution is -0.0614. The van der Waals surface area contributed by atoms with Crippen molar-refractivity contribution < 1.29 is 24.5 Å². The molecule has 4 heterocycles. The van der Waals surface area contributed by atoms with Gasteiger partial charge in [-0.1, -0.05) is 128 Å². The summed E-state index contributed by atoms with van der Waals surface area (Å²) in [5.41, 5.74) is 6.80. The lowest BCUT2D eigenvalue weighted by atomic mass is 9.74. The highest BCUT2D eigenvalue weighted by molar-refractivity contribution is 9.10. The predicted molar refractivity (Wildman–Crippen MR) is 310 cm³/mol. The molecule has 4 aliphatic heterocycles. The number of halogens is 1. The van der Waals surface area contributed by atoms with Crippen molar-refractivity contribution in [1.29, 1.82) is 0 Å². The highest BCUT2D eigenvalue weighted by atomic mass is 79.9. The van der Waals surface area contributed by atoms with Crippen LogP contribution in [0.3, 0.4) is 0 Å². The van der Waals surface area contributed by atoms with Gasteiger partial charge in [0.1, 0.15) is 11.5 Å². The van der Waals surface area contributed by atoms with Crippen molar-refractivity contribution in [2.24, 2.45) is 0 Å². The van der Waals surface area contributed by atoms with Crippen LogP contribution in [0.5, 0.6) is 11.5 Å². The van der Waals surface area contributed by atoms with Crippen molar-refractivity contribution in [2.75, 3.05) is 79.1 Å². The molecule has 0 unspecified atom stereocenters. The summed E-state index contributed by atoms with van der Waals surface area (Å²) < 4.78 is 11.6. The number of hydrogen-bond acceptors (Lipinski definition) is 8. The topological polar surface area (TPSA) is 101 Å². The summed E-state index contributed by atoms with van der Waals surface area (Å²) in [5.74, 6) is 8.78. The first-order valence-corrected chi connectivity index (χ1v) is 30.2. The molecule has 74 heavy (non-hydrogen) atoms. The molecule has 6 atom stereocenters. The fourth-order valence-corrected chi connectivity index (χ4v) is 18.3. The van der Waals surface area contributed by atoms with Gasteiger partial charge in [0.05, 0.1) is 35.5 Å². The molecule has 5 aromatic rings. The summed E-state index contributed by atoms with van der Waals surface area (Å²) in [6, 6.07) is 45.4. The van der Waals surface area contributed by atoms with Crippen LogP contribution in [-0.4, -0.2) is 142 Å². The lowest BCUT2D eigenvalue weighted by Crippen LogP contribution is -2.68. The van der Waals surface area contributed by atoms with E-state index in [2.05, 4.69) is 162 Å². The molecule has 0 radical (unpaired) electrons. The molecule has 9 rings (SSSR count). The van der Waals surface area contributed by atoms with Gasteiger partial charge in [0.2, 0.25) is 0 Å². The summed E-state index contributed by atoms with van der Waals surface area (Å²) in [6.45, 7) is 18.0. The van der Waals surface area contributed by atoms with Gasteiger partial charge in [-0.2, -0.15) is 0 Å². The fraction of sp³-hybridized carbons (Fsp3) is 0.468. The Balaban J connectivity index is 0.000000181. The standard InChI is InChI=1S/C31H33N3O3.C16H23BrN2O.C15H26OSi/c1-37-27-17-15-26(16-18-27)32-31(36)33-19-5-6-20-34-28(21-33)30(29(34)22-35)25-13-11-24(12-14-25)10-9-23-7-3-2-4-8-23;1-18-8-2-3-9-19-14(10-18)16(15(19)11-20)12-4-6-13(17)7-5-12;1-7-17(12(2)3,13(4)5)15-10-8-14(16-6)9-11-15/h2-4,7-8,11-18,28-30,35H,5-6,19-22H2,1H3,(H,32,36);4-7,14-16,20H,2-3,8-11H2,1H3;8-13H,7H2,1-6H3/t28-,29+,30+;14-,15+,16+;/m00./s1. The maximum absolute atomic E-state index is 13.2. The molecule has 12 heteroatoms. The average Bonchev–Trinajstić information content (AvgIpc) is 3.40. The summed E-state index contributed by atoms with van der Waals surface area (Å²) in [5, 5.41) is 24.6. The predicted octanol–water partition coefficient (Wildman–Crippen LogP) is 11.0. The maximum atomic E-state index is 13.2. The molecule has 4 aliphatic rings. The highest BCUT2D eigenvalue weighted by Gasteiger charge is 2.50. The van der Waals surface area contributed by atoms with E-state index in [0.717, 1.165) is 82.9 Å². The van der Waals surface area contributed by atoms with Crippen LogP contribution in [0.25, 0.3) is 0 Å². The Kier molecular flexibility index (Phi) is 20.8. The molecule has 2 amide bonds. The van der Waals surface area contributed by atoms with E-state index in [-0.39, 0.29) is 37.2 Å². The van der Waals surface area contributed by atoms with Gasteiger partial charge < -0.3 is 34.8 Å². The molecular weight excluding hydrogens is 1000 g/mol. The number of urea groups is 1. The first kappa shape index (κ1) is 56.7. The highest BCUT2D eigenvalue weighted by Crippen LogP contribution is 2.43. The number of carbonyl (C=O) groups is 1. The average molecular weight is 1090 g/mol. The number of ether oxygens (including phenoxy) is 2. The molecule has 0 aliphatic carbocycles. The second kappa shape index (κ2) is 27.2. The minimum absolute atomic E-state index is 0.0656. The smallest absolute Gasteiger partial charge is 0.321 e. The molecule has 5 aromatic carbocycles. The summed E-state index contributed by atoms with van der Waals surface area (Å²) in [7, 11) is 4.18. The molecule has 3 N–H and O–H groups in total. The normalized spacial score (nSPS) is 22.1. The van der Waals surface area contributed by atoms with E-state index in [1.807, 2.05) is 59.5 Å². The van der Waals surface area contributed by atoms with Gasteiger partial charge in [-0.25, -0.2) is 4.79 Å². The number of anilines is 1. The van der Waals surface area contributed by atoms with E-state index in [1.54, 1.807) is 19.4 Å². The Hall–Kier alpha value is -4.97. The van der Waals surface area contributed by atoms with Gasteiger partial charge in [0.15, 0.2) is 0 Å². The van der Waals surface area contributed by atoms with Gasteiger partial charge in [-0.15, -0.1) is 0 Å². The number of fused-ring (bicyclic) bond motifs is 2. The van der Waals surface area contributed by atoms with Gasteiger partial charge in [0.25, 0.3) is 0 Å². The molecule has 0 bridgehead atoms. The van der Waals surface area contributed by atoms with Gasteiger partial charge >= 0.3 is 6.03 Å². The number of rotatable bonds is 11. The van der Waals surface area contributed by atoms with E-state index >= 15 is 0 Å². The van der Waals surface area contributed by atoms with Crippen molar-refractivity contribution in [3.8, 4) is 23.3 Å². The Morgan fingerprint density at radius 3 is 1.62 bits per heavy atom. The van der Waals surface area contributed by atoms with Crippen LogP contribution in [-0.2, 0) is 0 Å². The molecule has 4 fully saturated rings. The number of benzene rings is 5. The van der Waals surface area contributed by atoms with Gasteiger partial charge in [-0.05, 0) is 147 Å². The van der Waals surface area contributed by atoms with Crippen molar-refractivity contribution in [3.63, 3.8) is 0 Å². The number of amides is 2. The van der Waals surface area contributed by atoms with Gasteiger partial charge in [-0.3, -0.25) is 9.80 Å². The maximum Gasteiger partial charge on any atom is 0.321 e. The van der Waals surface area contributed by atoms with Crippen LogP contribution in [0.2, 0.25) is 17.1 Å². The van der Waals surface area contributed by atoms with E-state index in [9.17, 15) is 15.0 Å². The Labute approximate surface area is 452 Å². The number of aliphatic hydroxyl groups is 2. The van der Waals surface area contributed by atoms with Crippen LogP contribution in [0.1, 0.15) is 94.4 Å². The van der Waals surface area contributed by atoms with Gasteiger partial charge in [0, 0.05) is 76.9 Å². The van der Waals surface area contributed by atoms with E-state index in [1.165, 1.54) is 36.6 Å². The Morgan fingerprint density at radius 1 is 0.649 bits per heavy atom. The van der Waals surface area contributed by atoms with Crippen LogP contribution >= 0.6 is 15.9 Å². The van der Waals surface area contributed by atoms with E-state index in [4.69, 9.17) is 9.47 Å².